The first-order valence-electron chi connectivity index (χ1n) is 11.5. The zero-order valence-electron chi connectivity index (χ0n) is 18.1. The maximum Gasteiger partial charge on any atom is 0.255 e. The van der Waals surface area contributed by atoms with Crippen LogP contribution in [0.15, 0.2) is 18.2 Å². The van der Waals surface area contributed by atoms with Gasteiger partial charge in [-0.15, -0.1) is 0 Å². The molecule has 8 heteroatoms. The molecule has 3 heterocycles. The normalized spacial score (nSPS) is 22.7. The number of fused-ring (bicyclic) bond motifs is 1. The molecule has 3 N–H and O–H groups in total. The minimum absolute atomic E-state index is 0.103. The predicted octanol–water partition coefficient (Wildman–Crippen LogP) is 0.694. The van der Waals surface area contributed by atoms with Crippen molar-refractivity contribution in [3.8, 4) is 0 Å². The number of carbonyl (C=O) groups excluding carboxylic acids is 3. The first kappa shape index (κ1) is 21.9. The summed E-state index contributed by atoms with van der Waals surface area (Å²) in [6.45, 7) is 7.36. The molecule has 0 radical (unpaired) electrons. The molecule has 3 amide bonds. The van der Waals surface area contributed by atoms with Gasteiger partial charge in [0.1, 0.15) is 6.04 Å². The molecule has 0 bridgehead atoms. The van der Waals surface area contributed by atoms with E-state index < -0.39 is 6.04 Å². The Labute approximate surface area is 183 Å². The third-order valence-corrected chi connectivity index (χ3v) is 6.72. The largest absolute Gasteiger partial charge is 0.330 e. The molecule has 1 atom stereocenters. The van der Waals surface area contributed by atoms with E-state index in [2.05, 4.69) is 21.2 Å². The molecule has 3 aliphatic heterocycles. The summed E-state index contributed by atoms with van der Waals surface area (Å²) in [4.78, 5) is 43.4. The van der Waals surface area contributed by atoms with E-state index in [4.69, 9.17) is 5.73 Å². The molecule has 2 saturated heterocycles. The standard InChI is InChI=1S/C23H33N5O3/c24-9-2-1-3-10-26-11-13-27(14-12-26)15-17-5-4-6-18-19(17)16-28(23(18)31)20-7-8-21(29)25-22(20)30/h4-6,20H,1-3,7-16,24H2,(H,25,29,30). The van der Waals surface area contributed by atoms with Crippen LogP contribution in [0.1, 0.15) is 53.6 Å². The highest BCUT2D eigenvalue weighted by Crippen LogP contribution is 2.30. The lowest BCUT2D eigenvalue weighted by Crippen LogP contribution is -2.52. The third-order valence-electron chi connectivity index (χ3n) is 6.72. The van der Waals surface area contributed by atoms with Gasteiger partial charge in [-0.25, -0.2) is 0 Å². The number of piperazine rings is 1. The lowest BCUT2D eigenvalue weighted by atomic mass is 10.0. The fourth-order valence-corrected chi connectivity index (χ4v) is 4.87. The first-order chi connectivity index (χ1) is 15.1. The maximum atomic E-state index is 13.0. The van der Waals surface area contributed by atoms with Crippen LogP contribution in [0, 0.1) is 0 Å². The fraction of sp³-hybridized carbons (Fsp3) is 0.609. The number of nitrogens with two attached hydrogens (primary N) is 1. The Hall–Kier alpha value is -2.29. The van der Waals surface area contributed by atoms with Crippen LogP contribution in [0.4, 0.5) is 0 Å². The maximum absolute atomic E-state index is 13.0. The summed E-state index contributed by atoms with van der Waals surface area (Å²) in [6.07, 6.45) is 4.19. The van der Waals surface area contributed by atoms with Crippen LogP contribution >= 0.6 is 0 Å². The predicted molar refractivity (Wildman–Crippen MR) is 117 cm³/mol. The Morgan fingerprint density at radius 1 is 1.00 bits per heavy atom. The number of piperidine rings is 1. The van der Waals surface area contributed by atoms with Crippen molar-refractivity contribution >= 4 is 17.7 Å². The third kappa shape index (κ3) is 4.97. The van der Waals surface area contributed by atoms with E-state index in [-0.39, 0.29) is 24.1 Å². The van der Waals surface area contributed by atoms with E-state index in [1.807, 2.05) is 12.1 Å². The van der Waals surface area contributed by atoms with Gasteiger partial charge in [-0.2, -0.15) is 0 Å². The lowest BCUT2D eigenvalue weighted by Gasteiger charge is -2.35. The summed E-state index contributed by atoms with van der Waals surface area (Å²) >= 11 is 0. The molecule has 0 aromatic heterocycles. The topological polar surface area (TPSA) is 99.0 Å². The number of benzene rings is 1. The molecule has 3 aliphatic rings. The van der Waals surface area contributed by atoms with Crippen molar-refractivity contribution < 1.29 is 14.4 Å². The zero-order chi connectivity index (χ0) is 21.8. The number of hydrogen-bond donors (Lipinski definition) is 2. The Kier molecular flexibility index (Phi) is 6.99. The average molecular weight is 428 g/mol. The van der Waals surface area contributed by atoms with Crippen LogP contribution in [0.3, 0.4) is 0 Å². The zero-order valence-corrected chi connectivity index (χ0v) is 18.1. The van der Waals surface area contributed by atoms with Crippen LogP contribution < -0.4 is 11.1 Å². The lowest BCUT2D eigenvalue weighted by molar-refractivity contribution is -0.136. The highest BCUT2D eigenvalue weighted by Gasteiger charge is 2.39. The molecule has 0 aliphatic carbocycles. The number of unbranched alkanes of at least 4 members (excludes halogenated alkanes) is 2. The van der Waals surface area contributed by atoms with Gasteiger partial charge in [0.2, 0.25) is 11.8 Å². The Morgan fingerprint density at radius 2 is 1.77 bits per heavy atom. The van der Waals surface area contributed by atoms with Gasteiger partial charge in [0.25, 0.3) is 5.91 Å². The van der Waals surface area contributed by atoms with Gasteiger partial charge in [-0.1, -0.05) is 18.6 Å². The molecular formula is C23H33N5O3. The van der Waals surface area contributed by atoms with E-state index in [1.165, 1.54) is 12.8 Å². The van der Waals surface area contributed by atoms with Crippen LogP contribution in [0.2, 0.25) is 0 Å². The van der Waals surface area contributed by atoms with Gasteiger partial charge in [0, 0.05) is 51.3 Å². The summed E-state index contributed by atoms with van der Waals surface area (Å²) in [7, 11) is 0. The first-order valence-corrected chi connectivity index (χ1v) is 11.5. The van der Waals surface area contributed by atoms with Crippen LogP contribution in [0.25, 0.3) is 0 Å². The molecule has 168 valence electrons. The van der Waals surface area contributed by atoms with Crippen LogP contribution in [-0.2, 0) is 22.7 Å². The van der Waals surface area contributed by atoms with Gasteiger partial charge in [0.15, 0.2) is 0 Å². The highest BCUT2D eigenvalue weighted by atomic mass is 16.2. The number of hydrogen-bond acceptors (Lipinski definition) is 6. The molecule has 1 aromatic carbocycles. The summed E-state index contributed by atoms with van der Waals surface area (Å²) in [5, 5.41) is 2.37. The van der Waals surface area contributed by atoms with E-state index in [0.717, 1.165) is 63.4 Å². The molecule has 1 aromatic rings. The van der Waals surface area contributed by atoms with Crippen molar-refractivity contribution in [2.75, 3.05) is 39.3 Å². The van der Waals surface area contributed by atoms with Crippen molar-refractivity contribution in [2.45, 2.75) is 51.2 Å². The van der Waals surface area contributed by atoms with Crippen LogP contribution in [0.5, 0.6) is 0 Å². The minimum Gasteiger partial charge on any atom is -0.330 e. The molecule has 31 heavy (non-hydrogen) atoms. The summed E-state index contributed by atoms with van der Waals surface area (Å²) in [5.41, 5.74) is 8.46. The molecule has 4 rings (SSSR count). The van der Waals surface area contributed by atoms with Crippen molar-refractivity contribution in [1.29, 1.82) is 0 Å². The summed E-state index contributed by atoms with van der Waals surface area (Å²) in [5.74, 6) is -0.722. The second kappa shape index (κ2) is 9.89. The molecule has 1 unspecified atom stereocenters. The minimum atomic E-state index is -0.562. The number of imide groups is 1. The number of carbonyl (C=O) groups is 3. The van der Waals surface area contributed by atoms with Crippen molar-refractivity contribution in [3.63, 3.8) is 0 Å². The monoisotopic (exact) mass is 427 g/mol. The average Bonchev–Trinajstić information content (AvgIpc) is 3.10. The number of rotatable bonds is 8. The van der Waals surface area contributed by atoms with Gasteiger partial charge in [-0.3, -0.25) is 24.6 Å². The molecule has 0 saturated carbocycles. The van der Waals surface area contributed by atoms with Gasteiger partial charge >= 0.3 is 0 Å². The smallest absolute Gasteiger partial charge is 0.255 e. The highest BCUT2D eigenvalue weighted by molar-refractivity contribution is 6.05. The van der Waals surface area contributed by atoms with Gasteiger partial charge in [0.05, 0.1) is 0 Å². The van der Waals surface area contributed by atoms with Crippen molar-refractivity contribution in [3.05, 3.63) is 34.9 Å². The van der Waals surface area contributed by atoms with Crippen LogP contribution in [-0.4, -0.2) is 77.7 Å². The number of amides is 3. The van der Waals surface area contributed by atoms with Gasteiger partial charge < -0.3 is 15.5 Å². The fourth-order valence-electron chi connectivity index (χ4n) is 4.87. The molecule has 8 nitrogen and oxygen atoms in total. The van der Waals surface area contributed by atoms with E-state index in [0.29, 0.717) is 18.5 Å². The number of nitrogens with one attached hydrogen (secondary N) is 1. The second-order valence-electron chi connectivity index (χ2n) is 8.81. The molecule has 0 spiro atoms. The van der Waals surface area contributed by atoms with E-state index in [1.54, 1.807) is 4.90 Å². The number of nitrogens with zero attached hydrogens (tertiary/aromatic N) is 3. The van der Waals surface area contributed by atoms with Gasteiger partial charge in [-0.05, 0) is 49.5 Å². The van der Waals surface area contributed by atoms with E-state index >= 15 is 0 Å². The Morgan fingerprint density at radius 3 is 2.52 bits per heavy atom. The summed E-state index contributed by atoms with van der Waals surface area (Å²) < 4.78 is 0. The Balaban J connectivity index is 1.35. The van der Waals surface area contributed by atoms with E-state index in [9.17, 15) is 14.4 Å². The Bertz CT molecular complexity index is 835. The summed E-state index contributed by atoms with van der Waals surface area (Å²) in [6, 6.07) is 5.33. The quantitative estimate of drug-likeness (QED) is 0.468. The molecule has 2 fully saturated rings. The molecular weight excluding hydrogens is 394 g/mol. The van der Waals surface area contributed by atoms with Crippen molar-refractivity contribution in [1.82, 2.24) is 20.0 Å². The SMILES string of the molecule is NCCCCCN1CCN(Cc2cccc3c2CN(C2CCC(=O)NC2=O)C3=O)CC1. The van der Waals surface area contributed by atoms with Crippen molar-refractivity contribution in [2.24, 2.45) is 5.73 Å². The second-order valence-corrected chi connectivity index (χ2v) is 8.81.